The molecule has 0 aromatic heterocycles. The molecule has 2 aromatic rings. The second-order valence-electron chi connectivity index (χ2n) is 7.38. The van der Waals surface area contributed by atoms with Crippen LogP contribution in [-0.2, 0) is 14.3 Å². The number of nitrogens with zero attached hydrogens (tertiary/aromatic N) is 1. The largest absolute Gasteiger partial charge is 0.507 e. The molecule has 1 aliphatic rings. The first-order valence-electron chi connectivity index (χ1n) is 10.2. The van der Waals surface area contributed by atoms with Crippen molar-refractivity contribution in [3.05, 3.63) is 83.4 Å². The van der Waals surface area contributed by atoms with Crippen LogP contribution in [0, 0.1) is 6.92 Å². The number of Topliss-reactive ketones (excluding diaryl/α,β-unsaturated/α-hetero) is 1. The summed E-state index contributed by atoms with van der Waals surface area (Å²) in [6, 6.07) is 13.7. The maximum absolute atomic E-state index is 13.0. The lowest BCUT2D eigenvalue weighted by atomic mass is 9.95. The number of hydrogen-bond acceptors (Lipinski definition) is 5. The van der Waals surface area contributed by atoms with Gasteiger partial charge in [-0.05, 0) is 31.0 Å². The minimum absolute atomic E-state index is 0.0761. The molecule has 0 saturated carbocycles. The van der Waals surface area contributed by atoms with Crippen LogP contribution >= 0.6 is 0 Å². The summed E-state index contributed by atoms with van der Waals surface area (Å²) in [6.07, 6.45) is 2.21. The lowest BCUT2D eigenvalue weighted by Gasteiger charge is -2.25. The van der Waals surface area contributed by atoms with E-state index >= 15 is 0 Å². The highest BCUT2D eigenvalue weighted by atomic mass is 16.5. The molecule has 1 saturated heterocycles. The van der Waals surface area contributed by atoms with Crippen molar-refractivity contribution in [2.75, 3.05) is 26.9 Å². The second-order valence-corrected chi connectivity index (χ2v) is 7.38. The van der Waals surface area contributed by atoms with Gasteiger partial charge in [0.15, 0.2) is 0 Å². The molecule has 6 heteroatoms. The maximum atomic E-state index is 13.0. The first-order chi connectivity index (χ1) is 15.0. The van der Waals surface area contributed by atoms with Crippen LogP contribution in [0.1, 0.15) is 29.2 Å². The number of amides is 1. The third-order valence-electron chi connectivity index (χ3n) is 5.15. The van der Waals surface area contributed by atoms with E-state index in [0.29, 0.717) is 43.1 Å². The highest BCUT2D eigenvalue weighted by Gasteiger charge is 2.45. The average molecular weight is 421 g/mol. The van der Waals surface area contributed by atoms with Crippen LogP contribution in [-0.4, -0.2) is 48.6 Å². The summed E-state index contributed by atoms with van der Waals surface area (Å²) in [7, 11) is 1.59. The number of aryl methyl sites for hydroxylation is 1. The van der Waals surface area contributed by atoms with Gasteiger partial charge in [0, 0.05) is 25.8 Å². The molecule has 1 atom stereocenters. The van der Waals surface area contributed by atoms with Gasteiger partial charge in [0.1, 0.15) is 18.1 Å². The Hall–Kier alpha value is -3.38. The predicted molar refractivity (Wildman–Crippen MR) is 119 cm³/mol. The molecule has 1 N–H and O–H groups in total. The number of hydrogen-bond donors (Lipinski definition) is 1. The second kappa shape index (κ2) is 10.1. The van der Waals surface area contributed by atoms with Gasteiger partial charge in [0.25, 0.3) is 11.7 Å². The summed E-state index contributed by atoms with van der Waals surface area (Å²) >= 11 is 0. The first kappa shape index (κ1) is 22.3. The van der Waals surface area contributed by atoms with E-state index in [-0.39, 0.29) is 11.3 Å². The number of aliphatic hydroxyl groups excluding tert-OH is 1. The Labute approximate surface area is 182 Å². The number of likely N-dealkylation sites (tertiary alicyclic amines) is 1. The van der Waals surface area contributed by atoms with Crippen LogP contribution in [0.2, 0.25) is 0 Å². The van der Waals surface area contributed by atoms with Crippen LogP contribution < -0.4 is 4.74 Å². The number of benzene rings is 2. The third-order valence-corrected chi connectivity index (χ3v) is 5.15. The minimum Gasteiger partial charge on any atom is -0.507 e. The van der Waals surface area contributed by atoms with Gasteiger partial charge >= 0.3 is 0 Å². The molecule has 1 heterocycles. The first-order valence-corrected chi connectivity index (χ1v) is 10.2. The standard InChI is InChI=1S/C25H27NO5/c1-4-14-31-20-8-5-7-19(16-20)22-21(23(27)18-11-9-17(2)10-12-18)24(28)25(29)26(22)13-6-15-30-3/h4-5,7-12,16,22,27H,1,6,13-15H2,2-3H3. The summed E-state index contributed by atoms with van der Waals surface area (Å²) in [4.78, 5) is 27.4. The fraction of sp³-hybridized carbons (Fsp3) is 0.280. The zero-order valence-electron chi connectivity index (χ0n) is 17.8. The van der Waals surface area contributed by atoms with Gasteiger partial charge in [-0.1, -0.05) is 54.6 Å². The Balaban J connectivity index is 2.10. The summed E-state index contributed by atoms with van der Waals surface area (Å²) < 4.78 is 10.7. The number of ether oxygens (including phenoxy) is 2. The molecule has 6 nitrogen and oxygen atoms in total. The smallest absolute Gasteiger partial charge is 0.295 e. The summed E-state index contributed by atoms with van der Waals surface area (Å²) in [6.45, 7) is 6.70. The van der Waals surface area contributed by atoms with Crippen molar-refractivity contribution in [1.29, 1.82) is 0 Å². The maximum Gasteiger partial charge on any atom is 0.295 e. The highest BCUT2D eigenvalue weighted by molar-refractivity contribution is 6.46. The Morgan fingerprint density at radius 1 is 1.19 bits per heavy atom. The van der Waals surface area contributed by atoms with E-state index in [1.807, 2.05) is 25.1 Å². The van der Waals surface area contributed by atoms with Crippen LogP contribution in [0.5, 0.6) is 5.75 Å². The third kappa shape index (κ3) is 4.86. The Morgan fingerprint density at radius 2 is 1.94 bits per heavy atom. The molecule has 0 radical (unpaired) electrons. The van der Waals surface area contributed by atoms with Crippen molar-refractivity contribution in [1.82, 2.24) is 4.90 Å². The molecule has 3 rings (SSSR count). The van der Waals surface area contributed by atoms with Gasteiger partial charge in [-0.25, -0.2) is 0 Å². The SMILES string of the molecule is C=CCOc1cccc(C2C(=C(O)c3ccc(C)cc3)C(=O)C(=O)N2CCCOC)c1. The van der Waals surface area contributed by atoms with Crippen molar-refractivity contribution in [2.45, 2.75) is 19.4 Å². The minimum atomic E-state index is -0.717. The fourth-order valence-corrected chi connectivity index (χ4v) is 3.63. The van der Waals surface area contributed by atoms with Crippen LogP contribution in [0.25, 0.3) is 5.76 Å². The van der Waals surface area contributed by atoms with E-state index in [1.165, 1.54) is 4.90 Å². The lowest BCUT2D eigenvalue weighted by Crippen LogP contribution is -2.31. The topological polar surface area (TPSA) is 76.1 Å². The lowest BCUT2D eigenvalue weighted by molar-refractivity contribution is -0.140. The van der Waals surface area contributed by atoms with Crippen LogP contribution in [0.3, 0.4) is 0 Å². The fourth-order valence-electron chi connectivity index (χ4n) is 3.63. The Bertz CT molecular complexity index is 993. The quantitative estimate of drug-likeness (QED) is 0.218. The van der Waals surface area contributed by atoms with Gasteiger partial charge in [0.2, 0.25) is 0 Å². The number of aliphatic hydroxyl groups is 1. The predicted octanol–water partition coefficient (Wildman–Crippen LogP) is 4.02. The number of ketones is 1. The van der Waals surface area contributed by atoms with Gasteiger partial charge in [-0.15, -0.1) is 0 Å². The van der Waals surface area contributed by atoms with E-state index < -0.39 is 17.7 Å². The highest BCUT2D eigenvalue weighted by Crippen LogP contribution is 2.40. The van der Waals surface area contributed by atoms with E-state index in [2.05, 4.69) is 6.58 Å². The molecule has 0 spiro atoms. The van der Waals surface area contributed by atoms with Crippen molar-refractivity contribution < 1.29 is 24.2 Å². The van der Waals surface area contributed by atoms with Gasteiger partial charge in [-0.3, -0.25) is 9.59 Å². The average Bonchev–Trinajstić information content (AvgIpc) is 3.03. The molecule has 2 aromatic carbocycles. The molecule has 0 aliphatic carbocycles. The van der Waals surface area contributed by atoms with E-state index in [9.17, 15) is 14.7 Å². The van der Waals surface area contributed by atoms with Gasteiger partial charge < -0.3 is 19.5 Å². The van der Waals surface area contributed by atoms with Crippen molar-refractivity contribution in [2.24, 2.45) is 0 Å². The molecule has 1 amide bonds. The molecule has 31 heavy (non-hydrogen) atoms. The summed E-state index contributed by atoms with van der Waals surface area (Å²) in [5.74, 6) is -0.921. The monoisotopic (exact) mass is 421 g/mol. The Kier molecular flexibility index (Phi) is 7.26. The van der Waals surface area contributed by atoms with Gasteiger partial charge in [0.05, 0.1) is 11.6 Å². The number of carbonyl (C=O) groups is 2. The normalized spacial score (nSPS) is 17.7. The van der Waals surface area contributed by atoms with Crippen LogP contribution in [0.4, 0.5) is 0 Å². The summed E-state index contributed by atoms with van der Waals surface area (Å²) in [5.41, 5.74) is 2.28. The molecular formula is C25H27NO5. The Morgan fingerprint density at radius 3 is 2.61 bits per heavy atom. The van der Waals surface area contributed by atoms with Crippen molar-refractivity contribution >= 4 is 17.4 Å². The molecule has 1 aliphatic heterocycles. The molecule has 1 unspecified atom stereocenters. The molecular weight excluding hydrogens is 394 g/mol. The van der Waals surface area contributed by atoms with E-state index in [4.69, 9.17) is 9.47 Å². The molecule has 0 bridgehead atoms. The number of methoxy groups -OCH3 is 1. The van der Waals surface area contributed by atoms with Crippen LogP contribution in [0.15, 0.2) is 66.8 Å². The summed E-state index contributed by atoms with van der Waals surface area (Å²) in [5, 5.41) is 11.0. The number of carbonyl (C=O) groups excluding carboxylic acids is 2. The van der Waals surface area contributed by atoms with E-state index in [0.717, 1.165) is 5.56 Å². The molecule has 162 valence electrons. The number of rotatable bonds is 9. The molecule has 1 fully saturated rings. The van der Waals surface area contributed by atoms with Crippen molar-refractivity contribution in [3.63, 3.8) is 0 Å². The van der Waals surface area contributed by atoms with Gasteiger partial charge in [-0.2, -0.15) is 0 Å². The van der Waals surface area contributed by atoms with Crippen molar-refractivity contribution in [3.8, 4) is 5.75 Å². The van der Waals surface area contributed by atoms with E-state index in [1.54, 1.807) is 43.5 Å². The zero-order chi connectivity index (χ0) is 22.4. The zero-order valence-corrected chi connectivity index (χ0v) is 17.8.